The molecule has 11 heavy (non-hydrogen) atoms. The lowest BCUT2D eigenvalue weighted by molar-refractivity contribution is 0.504. The van der Waals surface area contributed by atoms with Crippen LogP contribution in [0.25, 0.3) is 0 Å². The van der Waals surface area contributed by atoms with Gasteiger partial charge in [-0.25, -0.2) is 0 Å². The Hall–Kier alpha value is 0.315. The highest BCUT2D eigenvalue weighted by atomic mass is 35.5. The molecular weight excluding hydrogens is 156 g/mol. The van der Waals surface area contributed by atoms with Gasteiger partial charge in [0, 0.05) is 0 Å². The van der Waals surface area contributed by atoms with Crippen LogP contribution in [0.15, 0.2) is 0 Å². The molecular formula is C8H19BClN. The molecule has 1 saturated carbocycles. The lowest BCUT2D eigenvalue weighted by atomic mass is 10.0. The van der Waals surface area contributed by atoms with Gasteiger partial charge in [-0.2, -0.15) is 11.5 Å². The van der Waals surface area contributed by atoms with E-state index in [0.717, 1.165) is 0 Å². The van der Waals surface area contributed by atoms with Gasteiger partial charge in [0.05, 0.1) is 0 Å². The molecule has 0 spiro atoms. The Bertz CT molecular complexity index is 63.0. The Balaban J connectivity index is 0.000000187. The Morgan fingerprint density at radius 1 is 0.909 bits per heavy atom. The molecule has 1 fully saturated rings. The van der Waals surface area contributed by atoms with Crippen LogP contribution in [0, 0.1) is 0 Å². The second kappa shape index (κ2) is 8.41. The van der Waals surface area contributed by atoms with Crippen LogP contribution in [0.4, 0.5) is 0 Å². The van der Waals surface area contributed by atoms with Crippen LogP contribution in [0.3, 0.4) is 0 Å². The van der Waals surface area contributed by atoms with Crippen molar-refractivity contribution in [3.63, 3.8) is 0 Å². The summed E-state index contributed by atoms with van der Waals surface area (Å²) in [4.78, 5) is 1.89. The molecule has 0 saturated heterocycles. The number of nitrogens with zero attached hydrogens (tertiary/aromatic N) is 1. The molecule has 0 N–H and O–H groups in total. The molecule has 1 aliphatic rings. The summed E-state index contributed by atoms with van der Waals surface area (Å²) in [6.07, 6.45) is 9.00. The van der Waals surface area contributed by atoms with Gasteiger partial charge < -0.3 is 4.81 Å². The lowest BCUT2D eigenvalue weighted by Gasteiger charge is -2.05. The predicted octanol–water partition coefficient (Wildman–Crippen LogP) is 2.39. The third-order valence-electron chi connectivity index (χ3n) is 1.74. The average molecular weight is 176 g/mol. The normalized spacial score (nSPS) is 17.1. The fraction of sp³-hybridized carbons (Fsp3) is 1.00. The quantitative estimate of drug-likeness (QED) is 0.553. The van der Waals surface area contributed by atoms with Crippen molar-refractivity contribution in [2.45, 2.75) is 38.5 Å². The highest BCUT2D eigenvalue weighted by Gasteiger charge is 1.95. The molecule has 0 aliphatic heterocycles. The Morgan fingerprint density at radius 3 is 1.18 bits per heavy atom. The van der Waals surface area contributed by atoms with Crippen molar-refractivity contribution in [3.8, 4) is 0 Å². The topological polar surface area (TPSA) is 3.24 Å². The SMILES string of the molecule is C1CCCCC1.CN(C)BCl. The van der Waals surface area contributed by atoms with Crippen molar-refractivity contribution in [3.05, 3.63) is 0 Å². The van der Waals surface area contributed by atoms with Gasteiger partial charge in [-0.3, -0.25) is 0 Å². The summed E-state index contributed by atoms with van der Waals surface area (Å²) in [5.74, 6) is 0. The van der Waals surface area contributed by atoms with Gasteiger partial charge in [-0.15, -0.1) is 0 Å². The minimum Gasteiger partial charge on any atom is -0.337 e. The molecule has 1 aliphatic carbocycles. The third-order valence-corrected chi connectivity index (χ3v) is 2.22. The molecule has 1 nitrogen and oxygen atoms in total. The van der Waals surface area contributed by atoms with Gasteiger partial charge in [0.15, 0.2) is 0 Å². The van der Waals surface area contributed by atoms with E-state index in [1.165, 1.54) is 38.5 Å². The zero-order valence-electron chi connectivity index (χ0n) is 7.77. The summed E-state index contributed by atoms with van der Waals surface area (Å²) in [7, 11) is 3.85. The average Bonchev–Trinajstić information content (AvgIpc) is 2.09. The third kappa shape index (κ3) is 10.3. The molecule has 1 rings (SSSR count). The summed E-state index contributed by atoms with van der Waals surface area (Å²) in [5, 5.41) is 0. The molecule has 0 radical (unpaired) electrons. The maximum Gasteiger partial charge on any atom is 0.313 e. The van der Waals surface area contributed by atoms with E-state index in [4.69, 9.17) is 11.5 Å². The Labute approximate surface area is 76.3 Å². The largest absolute Gasteiger partial charge is 0.337 e. The van der Waals surface area contributed by atoms with Crippen LogP contribution in [-0.2, 0) is 0 Å². The molecule has 0 aromatic rings. The minimum atomic E-state index is 0.611. The highest BCUT2D eigenvalue weighted by Crippen LogP contribution is 2.15. The van der Waals surface area contributed by atoms with Gasteiger partial charge in [0.1, 0.15) is 0 Å². The fourth-order valence-corrected chi connectivity index (χ4v) is 1.06. The van der Waals surface area contributed by atoms with Gasteiger partial charge in [-0.05, 0) is 14.1 Å². The van der Waals surface area contributed by atoms with Crippen molar-refractivity contribution in [2.75, 3.05) is 14.1 Å². The van der Waals surface area contributed by atoms with Crippen molar-refractivity contribution in [1.29, 1.82) is 0 Å². The van der Waals surface area contributed by atoms with E-state index in [0.29, 0.717) is 6.83 Å². The maximum absolute atomic E-state index is 5.26. The molecule has 0 amide bonds. The summed E-state index contributed by atoms with van der Waals surface area (Å²) in [6.45, 7) is 0.611. The predicted molar refractivity (Wildman–Crippen MR) is 54.4 cm³/mol. The molecule has 66 valence electrons. The summed E-state index contributed by atoms with van der Waals surface area (Å²) < 4.78 is 0. The fourth-order valence-electron chi connectivity index (χ4n) is 1.06. The van der Waals surface area contributed by atoms with Gasteiger partial charge >= 0.3 is 6.83 Å². The van der Waals surface area contributed by atoms with Crippen LogP contribution < -0.4 is 0 Å². The number of halogens is 1. The lowest BCUT2D eigenvalue weighted by Crippen LogP contribution is -2.10. The van der Waals surface area contributed by atoms with Gasteiger partial charge in [0.2, 0.25) is 0 Å². The van der Waals surface area contributed by atoms with E-state index in [2.05, 4.69) is 0 Å². The number of hydrogen-bond donors (Lipinski definition) is 0. The second-order valence-corrected chi connectivity index (χ2v) is 3.56. The highest BCUT2D eigenvalue weighted by molar-refractivity contribution is 6.91. The molecule has 0 heterocycles. The van der Waals surface area contributed by atoms with E-state index in [9.17, 15) is 0 Å². The van der Waals surface area contributed by atoms with Gasteiger partial charge in [0.25, 0.3) is 0 Å². The summed E-state index contributed by atoms with van der Waals surface area (Å²) in [6, 6.07) is 0. The van der Waals surface area contributed by atoms with E-state index in [1.807, 2.05) is 18.9 Å². The van der Waals surface area contributed by atoms with E-state index < -0.39 is 0 Å². The van der Waals surface area contributed by atoms with E-state index >= 15 is 0 Å². The van der Waals surface area contributed by atoms with Crippen LogP contribution in [0.1, 0.15) is 38.5 Å². The monoisotopic (exact) mass is 175 g/mol. The van der Waals surface area contributed by atoms with Gasteiger partial charge in [-0.1, -0.05) is 38.5 Å². The van der Waals surface area contributed by atoms with Crippen molar-refractivity contribution < 1.29 is 0 Å². The minimum absolute atomic E-state index is 0.611. The Morgan fingerprint density at radius 2 is 1.09 bits per heavy atom. The first kappa shape index (κ1) is 11.3. The Kier molecular flexibility index (Phi) is 8.65. The molecule has 0 unspecified atom stereocenters. The number of hydrogen-bond acceptors (Lipinski definition) is 1. The van der Waals surface area contributed by atoms with Crippen LogP contribution in [-0.4, -0.2) is 25.7 Å². The standard InChI is InChI=1S/C6H12.C2H7BClN/c1-2-4-6-5-3-1;1-5(2)3-4/h1-6H2;3H,1-2H3. The van der Waals surface area contributed by atoms with Crippen LogP contribution in [0.5, 0.6) is 0 Å². The van der Waals surface area contributed by atoms with Crippen molar-refractivity contribution in [1.82, 2.24) is 4.81 Å². The number of rotatable bonds is 1. The maximum atomic E-state index is 5.26. The van der Waals surface area contributed by atoms with E-state index in [1.54, 1.807) is 0 Å². The first-order valence-corrected chi connectivity index (χ1v) is 5.01. The molecule has 0 atom stereocenters. The van der Waals surface area contributed by atoms with Crippen molar-refractivity contribution >= 4 is 18.3 Å². The second-order valence-electron chi connectivity index (χ2n) is 3.32. The first-order valence-electron chi connectivity index (χ1n) is 4.48. The molecule has 0 aromatic heterocycles. The van der Waals surface area contributed by atoms with Crippen molar-refractivity contribution in [2.24, 2.45) is 0 Å². The van der Waals surface area contributed by atoms with Crippen LogP contribution in [0.2, 0.25) is 0 Å². The summed E-state index contributed by atoms with van der Waals surface area (Å²) in [5.41, 5.74) is 0. The molecule has 0 bridgehead atoms. The van der Waals surface area contributed by atoms with Crippen LogP contribution >= 0.6 is 11.5 Å². The van der Waals surface area contributed by atoms with E-state index in [-0.39, 0.29) is 0 Å². The molecule has 0 aromatic carbocycles. The molecule has 3 heteroatoms. The zero-order chi connectivity index (χ0) is 8.53. The zero-order valence-corrected chi connectivity index (χ0v) is 8.53. The first-order chi connectivity index (χ1) is 5.27. The summed E-state index contributed by atoms with van der Waals surface area (Å²) >= 11 is 5.26. The smallest absolute Gasteiger partial charge is 0.313 e.